The highest BCUT2D eigenvalue weighted by molar-refractivity contribution is 5.65. The molecule has 1 aromatic rings. The first-order chi connectivity index (χ1) is 5.29. The molecule has 0 amide bonds. The van der Waals surface area contributed by atoms with Crippen molar-refractivity contribution in [1.82, 2.24) is 14.8 Å². The molecule has 11 heavy (non-hydrogen) atoms. The number of hydrogen-bond donors (Lipinski definition) is 0. The quantitative estimate of drug-likeness (QED) is 0.569. The Labute approximate surface area is 64.0 Å². The lowest BCUT2D eigenvalue weighted by molar-refractivity contribution is -0.141. The molecule has 0 unspecified atom stereocenters. The van der Waals surface area contributed by atoms with E-state index in [0.717, 1.165) is 0 Å². The Morgan fingerprint density at radius 2 is 2.55 bits per heavy atom. The van der Waals surface area contributed by atoms with Crippen LogP contribution in [-0.4, -0.2) is 27.3 Å². The second kappa shape index (κ2) is 3.70. The smallest absolute Gasteiger partial charge is 0.302 e. The van der Waals surface area contributed by atoms with Crippen LogP contribution < -0.4 is 0 Å². The van der Waals surface area contributed by atoms with E-state index in [1.165, 1.54) is 13.3 Å². The van der Waals surface area contributed by atoms with Crippen molar-refractivity contribution in [2.75, 3.05) is 6.61 Å². The first kappa shape index (κ1) is 7.71. The molecule has 0 aliphatic heterocycles. The van der Waals surface area contributed by atoms with E-state index in [1.807, 2.05) is 0 Å². The highest BCUT2D eigenvalue weighted by Crippen LogP contribution is 1.82. The lowest BCUT2D eigenvalue weighted by Gasteiger charge is -1.99. The van der Waals surface area contributed by atoms with Crippen LogP contribution in [-0.2, 0) is 16.1 Å². The molecule has 1 rings (SSSR count). The maximum atomic E-state index is 10.3. The fraction of sp³-hybridized carbons (Fsp3) is 0.500. The van der Waals surface area contributed by atoms with Crippen molar-refractivity contribution in [2.24, 2.45) is 0 Å². The Bertz CT molecular complexity index is 220. The Morgan fingerprint density at radius 3 is 3.09 bits per heavy atom. The molecule has 0 atom stereocenters. The van der Waals surface area contributed by atoms with Crippen LogP contribution >= 0.6 is 0 Å². The normalized spacial score (nSPS) is 9.55. The molecule has 0 aliphatic rings. The number of nitrogens with zero attached hydrogens (tertiary/aromatic N) is 3. The molecule has 0 spiro atoms. The van der Waals surface area contributed by atoms with Crippen molar-refractivity contribution in [3.63, 3.8) is 0 Å². The summed E-state index contributed by atoms with van der Waals surface area (Å²) in [5, 5.41) is 3.83. The van der Waals surface area contributed by atoms with Gasteiger partial charge in [0.25, 0.3) is 0 Å². The fourth-order valence-electron chi connectivity index (χ4n) is 0.631. The Kier molecular flexibility index (Phi) is 2.59. The Hall–Kier alpha value is -1.39. The predicted molar refractivity (Wildman–Crippen MR) is 36.7 cm³/mol. The third kappa shape index (κ3) is 2.79. The summed E-state index contributed by atoms with van der Waals surface area (Å²) in [5.74, 6) is -0.273. The third-order valence-electron chi connectivity index (χ3n) is 1.09. The molecular formula is C6H9N3O2. The Morgan fingerprint density at radius 1 is 1.73 bits per heavy atom. The molecule has 0 aromatic carbocycles. The van der Waals surface area contributed by atoms with Gasteiger partial charge in [0.2, 0.25) is 0 Å². The van der Waals surface area contributed by atoms with Crippen LogP contribution in [0.15, 0.2) is 12.7 Å². The molecule has 0 aliphatic carbocycles. The first-order valence-corrected chi connectivity index (χ1v) is 3.25. The monoisotopic (exact) mass is 155 g/mol. The molecule has 5 heteroatoms. The van der Waals surface area contributed by atoms with Crippen LogP contribution in [0.25, 0.3) is 0 Å². The van der Waals surface area contributed by atoms with E-state index < -0.39 is 0 Å². The van der Waals surface area contributed by atoms with Gasteiger partial charge < -0.3 is 4.74 Å². The standard InChI is InChI=1S/C6H9N3O2/c1-6(10)11-3-2-9-5-7-4-8-9/h4-5H,2-3H2,1H3. The van der Waals surface area contributed by atoms with E-state index in [2.05, 4.69) is 14.8 Å². The summed E-state index contributed by atoms with van der Waals surface area (Å²) in [7, 11) is 0. The average molecular weight is 155 g/mol. The molecule has 0 bridgehead atoms. The molecule has 1 aromatic heterocycles. The van der Waals surface area contributed by atoms with E-state index in [0.29, 0.717) is 13.2 Å². The van der Waals surface area contributed by atoms with Crippen molar-refractivity contribution in [1.29, 1.82) is 0 Å². The summed E-state index contributed by atoms with van der Waals surface area (Å²) in [6, 6.07) is 0. The highest BCUT2D eigenvalue weighted by Gasteiger charge is 1.93. The van der Waals surface area contributed by atoms with E-state index in [-0.39, 0.29) is 5.97 Å². The fourth-order valence-corrected chi connectivity index (χ4v) is 0.631. The van der Waals surface area contributed by atoms with Crippen molar-refractivity contribution >= 4 is 5.97 Å². The molecule has 60 valence electrons. The van der Waals surface area contributed by atoms with Crippen LogP contribution in [0.3, 0.4) is 0 Å². The van der Waals surface area contributed by atoms with Crippen LogP contribution in [0.1, 0.15) is 6.92 Å². The van der Waals surface area contributed by atoms with E-state index in [4.69, 9.17) is 0 Å². The summed E-state index contributed by atoms with van der Waals surface area (Å²) in [5.41, 5.74) is 0. The van der Waals surface area contributed by atoms with E-state index in [9.17, 15) is 4.79 Å². The van der Waals surface area contributed by atoms with Gasteiger partial charge in [0, 0.05) is 6.92 Å². The van der Waals surface area contributed by atoms with Gasteiger partial charge in [-0.1, -0.05) is 0 Å². The highest BCUT2D eigenvalue weighted by atomic mass is 16.5. The maximum absolute atomic E-state index is 10.3. The molecule has 0 fully saturated rings. The number of carbonyl (C=O) groups is 1. The second-order valence-corrected chi connectivity index (χ2v) is 2.00. The van der Waals surface area contributed by atoms with E-state index in [1.54, 1.807) is 11.0 Å². The van der Waals surface area contributed by atoms with Gasteiger partial charge in [0.15, 0.2) is 0 Å². The number of esters is 1. The van der Waals surface area contributed by atoms with Crippen molar-refractivity contribution in [3.8, 4) is 0 Å². The lowest BCUT2D eigenvalue weighted by atomic mass is 10.7. The van der Waals surface area contributed by atoms with Crippen molar-refractivity contribution in [2.45, 2.75) is 13.5 Å². The number of aromatic nitrogens is 3. The maximum Gasteiger partial charge on any atom is 0.302 e. The van der Waals surface area contributed by atoms with Gasteiger partial charge in [0.1, 0.15) is 19.3 Å². The third-order valence-corrected chi connectivity index (χ3v) is 1.09. The molecule has 0 saturated heterocycles. The SMILES string of the molecule is CC(=O)OCCn1cncn1. The van der Waals surface area contributed by atoms with Crippen LogP contribution in [0.2, 0.25) is 0 Å². The molecule has 0 N–H and O–H groups in total. The number of carbonyl (C=O) groups excluding carboxylic acids is 1. The topological polar surface area (TPSA) is 57.0 Å². The zero-order valence-corrected chi connectivity index (χ0v) is 6.23. The molecule has 0 saturated carbocycles. The van der Waals surface area contributed by atoms with Crippen LogP contribution in [0, 0.1) is 0 Å². The summed E-state index contributed by atoms with van der Waals surface area (Å²) in [6.07, 6.45) is 3.01. The Balaban J connectivity index is 2.19. The minimum Gasteiger partial charge on any atom is -0.464 e. The van der Waals surface area contributed by atoms with Gasteiger partial charge in [-0.25, -0.2) is 9.67 Å². The van der Waals surface area contributed by atoms with Gasteiger partial charge >= 0.3 is 5.97 Å². The molecule has 0 radical (unpaired) electrons. The van der Waals surface area contributed by atoms with Gasteiger partial charge in [-0.3, -0.25) is 4.79 Å². The van der Waals surface area contributed by atoms with Gasteiger partial charge in [-0.05, 0) is 0 Å². The zero-order valence-electron chi connectivity index (χ0n) is 6.23. The minimum atomic E-state index is -0.273. The largest absolute Gasteiger partial charge is 0.464 e. The van der Waals surface area contributed by atoms with Gasteiger partial charge in [-0.2, -0.15) is 5.10 Å². The average Bonchev–Trinajstić information content (AvgIpc) is 2.39. The minimum absolute atomic E-state index is 0.273. The predicted octanol–water partition coefficient (Wildman–Crippen LogP) is -0.159. The van der Waals surface area contributed by atoms with E-state index >= 15 is 0 Å². The summed E-state index contributed by atoms with van der Waals surface area (Å²) in [6.45, 7) is 2.28. The summed E-state index contributed by atoms with van der Waals surface area (Å²) >= 11 is 0. The van der Waals surface area contributed by atoms with Crippen LogP contribution in [0.4, 0.5) is 0 Å². The summed E-state index contributed by atoms with van der Waals surface area (Å²) < 4.78 is 6.29. The number of rotatable bonds is 3. The number of hydrogen-bond acceptors (Lipinski definition) is 4. The van der Waals surface area contributed by atoms with Gasteiger partial charge in [-0.15, -0.1) is 0 Å². The lowest BCUT2D eigenvalue weighted by Crippen LogP contribution is -2.08. The van der Waals surface area contributed by atoms with Crippen molar-refractivity contribution in [3.05, 3.63) is 12.7 Å². The van der Waals surface area contributed by atoms with Crippen molar-refractivity contribution < 1.29 is 9.53 Å². The molecular weight excluding hydrogens is 146 g/mol. The molecule has 5 nitrogen and oxygen atoms in total. The van der Waals surface area contributed by atoms with Crippen LogP contribution in [0.5, 0.6) is 0 Å². The second-order valence-electron chi connectivity index (χ2n) is 2.00. The molecule has 1 heterocycles. The summed E-state index contributed by atoms with van der Waals surface area (Å²) in [4.78, 5) is 14.0. The number of ether oxygens (including phenoxy) is 1. The van der Waals surface area contributed by atoms with Gasteiger partial charge in [0.05, 0.1) is 6.54 Å². The first-order valence-electron chi connectivity index (χ1n) is 3.25. The zero-order chi connectivity index (χ0) is 8.10.